The Kier molecular flexibility index (Phi) is 4.34. The van der Waals surface area contributed by atoms with Crippen LogP contribution >= 0.6 is 11.6 Å². The molecule has 0 spiro atoms. The molecule has 0 aliphatic carbocycles. The number of halogens is 1. The van der Waals surface area contributed by atoms with Crippen molar-refractivity contribution in [1.82, 2.24) is 14.7 Å². The lowest BCUT2D eigenvalue weighted by Gasteiger charge is -2.29. The molecule has 1 N–H and O–H groups in total. The molecule has 1 aromatic carbocycles. The molecule has 23 heavy (non-hydrogen) atoms. The molecule has 1 aliphatic rings. The topological polar surface area (TPSA) is 75.4 Å². The zero-order chi connectivity index (χ0) is 16.4. The molecule has 1 aliphatic heterocycles. The molecule has 1 saturated heterocycles. The van der Waals surface area contributed by atoms with E-state index in [1.165, 1.54) is 6.20 Å². The summed E-state index contributed by atoms with van der Waals surface area (Å²) in [5.41, 5.74) is 1.31. The lowest BCUT2D eigenvalue weighted by atomic mass is 9.97. The van der Waals surface area contributed by atoms with Gasteiger partial charge in [-0.2, -0.15) is 5.10 Å². The Labute approximate surface area is 138 Å². The highest BCUT2D eigenvalue weighted by atomic mass is 35.5. The van der Waals surface area contributed by atoms with E-state index in [-0.39, 0.29) is 11.8 Å². The number of aliphatic carboxylic acids is 1. The number of rotatable bonds is 3. The summed E-state index contributed by atoms with van der Waals surface area (Å²) in [6.45, 7) is 0.920. The van der Waals surface area contributed by atoms with Gasteiger partial charge in [-0.1, -0.05) is 11.6 Å². The number of aromatic nitrogens is 2. The number of carboxylic acids is 1. The van der Waals surface area contributed by atoms with Crippen LogP contribution in [0.2, 0.25) is 5.02 Å². The number of likely N-dealkylation sites (tertiary alicyclic amines) is 1. The molecule has 1 amide bonds. The predicted octanol–water partition coefficient (Wildman–Crippen LogP) is 2.46. The van der Waals surface area contributed by atoms with Crippen molar-refractivity contribution in [1.29, 1.82) is 0 Å². The summed E-state index contributed by atoms with van der Waals surface area (Å²) in [7, 11) is 0. The van der Waals surface area contributed by atoms with Crippen LogP contribution in [-0.2, 0) is 4.79 Å². The molecule has 120 valence electrons. The minimum absolute atomic E-state index is 0.117. The molecule has 0 radical (unpaired) electrons. The summed E-state index contributed by atoms with van der Waals surface area (Å²) in [5, 5.41) is 13.8. The number of carboxylic acid groups (broad SMARTS) is 1. The van der Waals surface area contributed by atoms with Crippen molar-refractivity contribution < 1.29 is 14.7 Å². The Morgan fingerprint density at radius 2 is 1.83 bits per heavy atom. The largest absolute Gasteiger partial charge is 0.481 e. The fraction of sp³-hybridized carbons (Fsp3) is 0.312. The molecule has 1 aromatic heterocycles. The number of benzene rings is 1. The fourth-order valence-corrected chi connectivity index (χ4v) is 2.81. The molecule has 0 saturated carbocycles. The molecule has 2 heterocycles. The van der Waals surface area contributed by atoms with E-state index in [0.29, 0.717) is 36.5 Å². The van der Waals surface area contributed by atoms with Gasteiger partial charge in [-0.05, 0) is 37.1 Å². The zero-order valence-electron chi connectivity index (χ0n) is 12.4. The SMILES string of the molecule is O=C(O)C1CCN(C(=O)c2cnn(-c3ccc(Cl)cc3)c2)CC1. The van der Waals surface area contributed by atoms with Crippen molar-refractivity contribution in [2.24, 2.45) is 5.92 Å². The van der Waals surface area contributed by atoms with Gasteiger partial charge in [-0.15, -0.1) is 0 Å². The standard InChI is InChI=1S/C16H16ClN3O3/c17-13-1-3-14(4-2-13)20-10-12(9-18-20)15(21)19-7-5-11(6-8-19)16(22)23/h1-4,9-11H,5-8H2,(H,22,23). The van der Waals surface area contributed by atoms with Crippen LogP contribution in [0.3, 0.4) is 0 Å². The number of hydrogen-bond donors (Lipinski definition) is 1. The van der Waals surface area contributed by atoms with Crippen LogP contribution in [0.5, 0.6) is 0 Å². The van der Waals surface area contributed by atoms with Gasteiger partial charge in [0.2, 0.25) is 0 Å². The van der Waals surface area contributed by atoms with Crippen LogP contribution in [-0.4, -0.2) is 44.8 Å². The van der Waals surface area contributed by atoms with E-state index in [9.17, 15) is 9.59 Å². The lowest BCUT2D eigenvalue weighted by molar-refractivity contribution is -0.143. The molecule has 2 aromatic rings. The van der Waals surface area contributed by atoms with Gasteiger partial charge in [0.1, 0.15) is 0 Å². The number of piperidine rings is 1. The van der Waals surface area contributed by atoms with E-state index in [2.05, 4.69) is 5.10 Å². The van der Waals surface area contributed by atoms with Crippen molar-refractivity contribution in [3.63, 3.8) is 0 Å². The minimum atomic E-state index is -0.785. The van der Waals surface area contributed by atoms with Crippen molar-refractivity contribution in [2.75, 3.05) is 13.1 Å². The quantitative estimate of drug-likeness (QED) is 0.936. The maximum absolute atomic E-state index is 12.5. The van der Waals surface area contributed by atoms with Gasteiger partial charge in [0.15, 0.2) is 0 Å². The maximum atomic E-state index is 12.5. The van der Waals surface area contributed by atoms with Crippen molar-refractivity contribution >= 4 is 23.5 Å². The average Bonchev–Trinajstić information content (AvgIpc) is 3.05. The van der Waals surface area contributed by atoms with Crippen molar-refractivity contribution in [2.45, 2.75) is 12.8 Å². The highest BCUT2D eigenvalue weighted by molar-refractivity contribution is 6.30. The summed E-state index contributed by atoms with van der Waals surface area (Å²) in [5.74, 6) is -1.25. The number of carbonyl (C=O) groups excluding carboxylic acids is 1. The molecule has 0 atom stereocenters. The predicted molar refractivity (Wildman–Crippen MR) is 84.8 cm³/mol. The van der Waals surface area contributed by atoms with Gasteiger partial charge in [0, 0.05) is 24.3 Å². The first kappa shape index (κ1) is 15.6. The van der Waals surface area contributed by atoms with Crippen LogP contribution < -0.4 is 0 Å². The Morgan fingerprint density at radius 3 is 2.43 bits per heavy atom. The minimum Gasteiger partial charge on any atom is -0.481 e. The molecular weight excluding hydrogens is 318 g/mol. The highest BCUT2D eigenvalue weighted by Crippen LogP contribution is 2.20. The normalized spacial score (nSPS) is 15.6. The summed E-state index contributed by atoms with van der Waals surface area (Å²) in [4.78, 5) is 25.1. The number of hydrogen-bond acceptors (Lipinski definition) is 3. The number of nitrogens with zero attached hydrogens (tertiary/aromatic N) is 3. The molecular formula is C16H16ClN3O3. The first-order valence-electron chi connectivity index (χ1n) is 7.37. The third-order valence-electron chi connectivity index (χ3n) is 4.05. The smallest absolute Gasteiger partial charge is 0.306 e. The van der Waals surface area contributed by atoms with Crippen molar-refractivity contribution in [3.8, 4) is 5.69 Å². The molecule has 7 heteroatoms. The van der Waals surface area contributed by atoms with E-state index >= 15 is 0 Å². The number of amides is 1. The second-order valence-corrected chi connectivity index (χ2v) is 5.99. The van der Waals surface area contributed by atoms with Gasteiger partial charge >= 0.3 is 5.97 Å². The summed E-state index contributed by atoms with van der Waals surface area (Å²) >= 11 is 5.86. The van der Waals surface area contributed by atoms with E-state index in [4.69, 9.17) is 16.7 Å². The van der Waals surface area contributed by atoms with Crippen LogP contribution in [0.25, 0.3) is 5.69 Å². The number of carbonyl (C=O) groups is 2. The summed E-state index contributed by atoms with van der Waals surface area (Å²) < 4.78 is 1.62. The van der Waals surface area contributed by atoms with Crippen LogP contribution in [0.15, 0.2) is 36.7 Å². The highest BCUT2D eigenvalue weighted by Gasteiger charge is 2.28. The third kappa shape index (κ3) is 3.37. The van der Waals surface area contributed by atoms with Gasteiger partial charge in [0.05, 0.1) is 23.4 Å². The van der Waals surface area contributed by atoms with Gasteiger partial charge in [-0.25, -0.2) is 4.68 Å². The molecule has 3 rings (SSSR count). The van der Waals surface area contributed by atoms with E-state index in [0.717, 1.165) is 5.69 Å². The van der Waals surface area contributed by atoms with Gasteiger partial charge in [-0.3, -0.25) is 9.59 Å². The molecule has 1 fully saturated rings. The van der Waals surface area contributed by atoms with E-state index in [1.807, 2.05) is 12.1 Å². The first-order chi connectivity index (χ1) is 11.0. The van der Waals surface area contributed by atoms with Gasteiger partial charge in [0.25, 0.3) is 5.91 Å². The van der Waals surface area contributed by atoms with Crippen LogP contribution in [0, 0.1) is 5.92 Å². The first-order valence-corrected chi connectivity index (χ1v) is 7.75. The maximum Gasteiger partial charge on any atom is 0.306 e. The second kappa shape index (κ2) is 6.42. The molecule has 0 bridgehead atoms. The van der Waals surface area contributed by atoms with Crippen LogP contribution in [0.1, 0.15) is 23.2 Å². The Balaban J connectivity index is 1.69. The van der Waals surface area contributed by atoms with Crippen LogP contribution in [0.4, 0.5) is 0 Å². The summed E-state index contributed by atoms with van der Waals surface area (Å²) in [6, 6.07) is 7.16. The Bertz CT molecular complexity index is 718. The van der Waals surface area contributed by atoms with Gasteiger partial charge < -0.3 is 10.0 Å². The molecule has 0 unspecified atom stereocenters. The fourth-order valence-electron chi connectivity index (χ4n) is 2.68. The Hall–Kier alpha value is -2.34. The summed E-state index contributed by atoms with van der Waals surface area (Å²) in [6.07, 6.45) is 4.19. The monoisotopic (exact) mass is 333 g/mol. The lowest BCUT2D eigenvalue weighted by Crippen LogP contribution is -2.40. The second-order valence-electron chi connectivity index (χ2n) is 5.55. The Morgan fingerprint density at radius 1 is 1.17 bits per heavy atom. The third-order valence-corrected chi connectivity index (χ3v) is 4.30. The van der Waals surface area contributed by atoms with E-state index in [1.54, 1.807) is 27.9 Å². The van der Waals surface area contributed by atoms with E-state index < -0.39 is 5.97 Å². The zero-order valence-corrected chi connectivity index (χ0v) is 13.1. The molecule has 6 nitrogen and oxygen atoms in total. The van der Waals surface area contributed by atoms with Crippen molar-refractivity contribution in [3.05, 3.63) is 47.2 Å². The average molecular weight is 334 g/mol.